The van der Waals surface area contributed by atoms with Crippen LogP contribution in [0.2, 0.25) is 5.02 Å². The maximum atomic E-state index is 13.0. The lowest BCUT2D eigenvalue weighted by atomic mass is 9.71. The van der Waals surface area contributed by atoms with Crippen molar-refractivity contribution in [1.29, 1.82) is 0 Å². The van der Waals surface area contributed by atoms with E-state index in [1.165, 1.54) is 16.8 Å². The molecule has 1 aliphatic carbocycles. The van der Waals surface area contributed by atoms with Crippen LogP contribution >= 0.6 is 11.6 Å². The molecule has 1 saturated carbocycles. The molecule has 0 atom stereocenters. The van der Waals surface area contributed by atoms with Crippen LogP contribution in [0, 0.1) is 17.0 Å². The summed E-state index contributed by atoms with van der Waals surface area (Å²) in [7, 11) is 0. The van der Waals surface area contributed by atoms with Gasteiger partial charge in [0.25, 0.3) is 11.6 Å². The molecule has 0 unspecified atom stereocenters. The van der Waals surface area contributed by atoms with Gasteiger partial charge in [0.05, 0.1) is 21.8 Å². The molecule has 0 spiro atoms. The van der Waals surface area contributed by atoms with Gasteiger partial charge in [-0.3, -0.25) is 14.9 Å². The number of rotatable bonds is 5. The van der Waals surface area contributed by atoms with Crippen LogP contribution in [0.3, 0.4) is 0 Å². The first-order chi connectivity index (χ1) is 13.9. The number of carbonyl (C=O) groups excluding carboxylic acids is 1. The number of aromatic nitrogens is 3. The fourth-order valence-corrected chi connectivity index (χ4v) is 3.71. The largest absolute Gasteiger partial charge is 0.341 e. The number of nitrogens with zero attached hydrogens (tertiary/aromatic N) is 4. The van der Waals surface area contributed by atoms with E-state index in [0.717, 1.165) is 24.8 Å². The summed E-state index contributed by atoms with van der Waals surface area (Å²) in [4.78, 5) is 23.5. The van der Waals surface area contributed by atoms with Crippen LogP contribution in [-0.4, -0.2) is 25.8 Å². The molecule has 0 aliphatic heterocycles. The van der Waals surface area contributed by atoms with Gasteiger partial charge in [0.15, 0.2) is 5.69 Å². The summed E-state index contributed by atoms with van der Waals surface area (Å²) in [5, 5.41) is 22.8. The first-order valence-electron chi connectivity index (χ1n) is 9.15. The van der Waals surface area contributed by atoms with Gasteiger partial charge in [0.1, 0.15) is 0 Å². The number of hydrogen-bond acceptors (Lipinski definition) is 5. The third-order valence-electron chi connectivity index (χ3n) is 5.35. The zero-order valence-electron chi connectivity index (χ0n) is 15.6. The molecule has 148 valence electrons. The molecule has 3 aromatic rings. The Bertz CT molecular complexity index is 1090. The molecule has 1 aliphatic rings. The van der Waals surface area contributed by atoms with Crippen LogP contribution in [-0.2, 0) is 5.54 Å². The molecule has 4 rings (SSSR count). The van der Waals surface area contributed by atoms with Crippen molar-refractivity contribution in [2.45, 2.75) is 31.7 Å². The summed E-state index contributed by atoms with van der Waals surface area (Å²) in [6.07, 6.45) is 2.68. The van der Waals surface area contributed by atoms with E-state index in [-0.39, 0.29) is 17.3 Å². The van der Waals surface area contributed by atoms with Crippen molar-refractivity contribution in [3.05, 3.63) is 80.6 Å². The fraction of sp³-hybridized carbons (Fsp3) is 0.250. The van der Waals surface area contributed by atoms with E-state index in [2.05, 4.69) is 15.6 Å². The maximum absolute atomic E-state index is 13.0. The summed E-state index contributed by atoms with van der Waals surface area (Å²) in [6, 6.07) is 13.5. The average Bonchev–Trinajstić information content (AvgIpc) is 3.07. The molecule has 9 heteroatoms. The van der Waals surface area contributed by atoms with Crippen LogP contribution < -0.4 is 5.32 Å². The summed E-state index contributed by atoms with van der Waals surface area (Å²) < 4.78 is 1.43. The molecule has 0 radical (unpaired) electrons. The minimum Gasteiger partial charge on any atom is -0.341 e. The van der Waals surface area contributed by atoms with Gasteiger partial charge in [-0.1, -0.05) is 35.0 Å². The van der Waals surface area contributed by atoms with Gasteiger partial charge >= 0.3 is 0 Å². The highest BCUT2D eigenvalue weighted by molar-refractivity contribution is 6.30. The van der Waals surface area contributed by atoms with Gasteiger partial charge in [0.2, 0.25) is 0 Å². The van der Waals surface area contributed by atoms with Crippen molar-refractivity contribution < 1.29 is 9.72 Å². The Morgan fingerprint density at radius 3 is 2.59 bits per heavy atom. The first-order valence-corrected chi connectivity index (χ1v) is 9.53. The molecule has 1 fully saturated rings. The van der Waals surface area contributed by atoms with Crippen molar-refractivity contribution in [1.82, 2.24) is 20.3 Å². The van der Waals surface area contributed by atoms with Crippen LogP contribution in [0.25, 0.3) is 5.69 Å². The second-order valence-electron chi connectivity index (χ2n) is 7.11. The predicted octanol–water partition coefficient (Wildman–Crippen LogP) is 3.95. The summed E-state index contributed by atoms with van der Waals surface area (Å²) in [5.74, 6) is -0.325. The number of halogens is 1. The summed E-state index contributed by atoms with van der Waals surface area (Å²) in [6.45, 7) is 1.71. The molecule has 2 aromatic carbocycles. The fourth-order valence-electron chi connectivity index (χ4n) is 3.58. The van der Waals surface area contributed by atoms with Crippen molar-refractivity contribution in [3.63, 3.8) is 0 Å². The molecule has 8 nitrogen and oxygen atoms in total. The Balaban J connectivity index is 1.61. The van der Waals surface area contributed by atoms with E-state index < -0.39 is 10.5 Å². The summed E-state index contributed by atoms with van der Waals surface area (Å²) >= 11 is 5.99. The zero-order valence-corrected chi connectivity index (χ0v) is 16.4. The second-order valence-corrected chi connectivity index (χ2v) is 7.55. The predicted molar refractivity (Wildman–Crippen MR) is 107 cm³/mol. The van der Waals surface area contributed by atoms with Gasteiger partial charge in [-0.2, -0.15) is 0 Å². The van der Waals surface area contributed by atoms with E-state index in [1.807, 2.05) is 24.3 Å². The number of carbonyl (C=O) groups is 1. The third-order valence-corrected chi connectivity index (χ3v) is 5.60. The van der Waals surface area contributed by atoms with Crippen molar-refractivity contribution in [2.24, 2.45) is 0 Å². The van der Waals surface area contributed by atoms with E-state index in [4.69, 9.17) is 11.6 Å². The molecule has 1 aromatic heterocycles. The Morgan fingerprint density at radius 1 is 1.24 bits per heavy atom. The lowest BCUT2D eigenvalue weighted by Gasteiger charge is -2.43. The van der Waals surface area contributed by atoms with Gasteiger partial charge in [-0.05, 0) is 49.9 Å². The Kier molecular flexibility index (Phi) is 4.79. The molecule has 29 heavy (non-hydrogen) atoms. The SMILES string of the molecule is Cc1c(C(=O)NC2(c3ccc(Cl)cc3)CCC2)nnn1-c1cccc([N+](=O)[O-])c1. The topological polar surface area (TPSA) is 103 Å². The number of benzene rings is 2. The summed E-state index contributed by atoms with van der Waals surface area (Å²) in [5.41, 5.74) is 1.68. The molecule has 1 N–H and O–H groups in total. The minimum atomic E-state index is -0.476. The maximum Gasteiger partial charge on any atom is 0.274 e. The number of hydrogen-bond donors (Lipinski definition) is 1. The second kappa shape index (κ2) is 7.29. The van der Waals surface area contributed by atoms with Crippen LogP contribution in [0.15, 0.2) is 48.5 Å². The van der Waals surface area contributed by atoms with E-state index in [0.29, 0.717) is 16.4 Å². The van der Waals surface area contributed by atoms with E-state index in [1.54, 1.807) is 19.1 Å². The highest BCUT2D eigenvalue weighted by Crippen LogP contribution is 2.41. The van der Waals surface area contributed by atoms with Gasteiger partial charge in [-0.25, -0.2) is 4.68 Å². The Morgan fingerprint density at radius 2 is 1.97 bits per heavy atom. The molecule has 1 heterocycles. The molecular formula is C20H18ClN5O3. The lowest BCUT2D eigenvalue weighted by Crippen LogP contribution is -2.51. The smallest absolute Gasteiger partial charge is 0.274 e. The van der Waals surface area contributed by atoms with Crippen LogP contribution in [0.4, 0.5) is 5.69 Å². The monoisotopic (exact) mass is 411 g/mol. The number of nitro groups is 1. The Hall–Kier alpha value is -3.26. The van der Waals surface area contributed by atoms with Gasteiger partial charge in [-0.15, -0.1) is 5.10 Å². The normalized spacial score (nSPS) is 14.8. The van der Waals surface area contributed by atoms with Gasteiger partial charge in [0, 0.05) is 17.2 Å². The number of amides is 1. The molecule has 0 bridgehead atoms. The van der Waals surface area contributed by atoms with E-state index >= 15 is 0 Å². The van der Waals surface area contributed by atoms with Gasteiger partial charge < -0.3 is 5.32 Å². The first kappa shape index (κ1) is 19.1. The standard InChI is InChI=1S/C20H18ClN5O3/c1-13-18(23-24-25(13)16-4-2-5-17(12-16)26(28)29)19(27)22-20(10-3-11-20)14-6-8-15(21)9-7-14/h2,4-9,12H,3,10-11H2,1H3,(H,22,27). The van der Waals surface area contributed by atoms with Crippen molar-refractivity contribution >= 4 is 23.2 Å². The number of non-ortho nitro benzene ring substituents is 1. The van der Waals surface area contributed by atoms with Crippen LogP contribution in [0.5, 0.6) is 0 Å². The number of nitrogens with one attached hydrogen (secondary N) is 1. The Labute approximate surface area is 171 Å². The van der Waals surface area contributed by atoms with Crippen molar-refractivity contribution in [3.8, 4) is 5.69 Å². The number of nitro benzene ring substituents is 1. The molecule has 0 saturated heterocycles. The van der Waals surface area contributed by atoms with Crippen molar-refractivity contribution in [2.75, 3.05) is 0 Å². The van der Waals surface area contributed by atoms with Crippen LogP contribution in [0.1, 0.15) is 41.0 Å². The van der Waals surface area contributed by atoms with E-state index in [9.17, 15) is 14.9 Å². The highest BCUT2D eigenvalue weighted by Gasteiger charge is 2.41. The quantitative estimate of drug-likeness (QED) is 0.505. The highest BCUT2D eigenvalue weighted by atomic mass is 35.5. The minimum absolute atomic E-state index is 0.0560. The molecular weight excluding hydrogens is 394 g/mol. The third kappa shape index (κ3) is 3.47. The average molecular weight is 412 g/mol. The molecule has 1 amide bonds. The lowest BCUT2D eigenvalue weighted by molar-refractivity contribution is -0.384. The zero-order chi connectivity index (χ0) is 20.6.